The number of nitrogens with one attached hydrogen (secondary N) is 1. The van der Waals surface area contributed by atoms with Crippen LogP contribution in [0.1, 0.15) is 33.1 Å². The van der Waals surface area contributed by atoms with Crippen molar-refractivity contribution in [2.45, 2.75) is 39.2 Å². The van der Waals surface area contributed by atoms with Crippen LogP contribution in [0.5, 0.6) is 5.75 Å². The number of ether oxygens (including phenoxy) is 1. The largest absolute Gasteiger partial charge is 0.490 e. The Labute approximate surface area is 113 Å². The average molecular weight is 300 g/mol. The van der Waals surface area contributed by atoms with Crippen LogP contribution < -0.4 is 10.1 Å². The molecule has 0 amide bonds. The van der Waals surface area contributed by atoms with E-state index in [1.807, 2.05) is 24.3 Å². The van der Waals surface area contributed by atoms with E-state index >= 15 is 0 Å². The first-order chi connectivity index (χ1) is 8.24. The lowest BCUT2D eigenvalue weighted by atomic mass is 10.2. The fraction of sp³-hybridized carbons (Fsp3) is 0.571. The summed E-state index contributed by atoms with van der Waals surface area (Å²) >= 11 is 3.49. The molecule has 0 heterocycles. The molecule has 3 heteroatoms. The molecule has 0 aliphatic rings. The highest BCUT2D eigenvalue weighted by molar-refractivity contribution is 9.10. The average Bonchev–Trinajstić information content (AvgIpc) is 2.32. The lowest BCUT2D eigenvalue weighted by molar-refractivity contribution is 0.206. The van der Waals surface area contributed by atoms with Crippen molar-refractivity contribution in [2.24, 2.45) is 0 Å². The molecule has 0 spiro atoms. The number of hydrogen-bond donors (Lipinski definition) is 1. The number of para-hydroxylation sites is 1. The highest BCUT2D eigenvalue weighted by Crippen LogP contribution is 2.25. The van der Waals surface area contributed by atoms with Crippen molar-refractivity contribution in [3.05, 3.63) is 28.7 Å². The van der Waals surface area contributed by atoms with Crippen molar-refractivity contribution in [3.63, 3.8) is 0 Å². The Hall–Kier alpha value is -0.540. The van der Waals surface area contributed by atoms with Crippen LogP contribution in [0.3, 0.4) is 0 Å². The molecule has 1 unspecified atom stereocenters. The lowest BCUT2D eigenvalue weighted by Crippen LogP contribution is -2.19. The zero-order chi connectivity index (χ0) is 12.5. The van der Waals surface area contributed by atoms with Gasteiger partial charge in [-0.05, 0) is 67.3 Å². The lowest BCUT2D eigenvalue weighted by Gasteiger charge is -2.15. The Morgan fingerprint density at radius 2 is 2.06 bits per heavy atom. The second-order valence-electron chi connectivity index (χ2n) is 4.25. The molecule has 0 aliphatic heterocycles. The minimum absolute atomic E-state index is 0.261. The molecule has 17 heavy (non-hydrogen) atoms. The zero-order valence-electron chi connectivity index (χ0n) is 10.7. The summed E-state index contributed by atoms with van der Waals surface area (Å²) in [6, 6.07) is 7.99. The third-order valence-corrected chi connectivity index (χ3v) is 3.21. The quantitative estimate of drug-likeness (QED) is 0.733. The minimum Gasteiger partial charge on any atom is -0.490 e. The maximum absolute atomic E-state index is 5.88. The number of hydrogen-bond acceptors (Lipinski definition) is 2. The molecule has 0 saturated carbocycles. The third kappa shape index (κ3) is 6.08. The molecule has 1 aromatic rings. The van der Waals surface area contributed by atoms with E-state index in [2.05, 4.69) is 35.1 Å². The molecule has 1 aromatic carbocycles. The normalized spacial score (nSPS) is 12.4. The van der Waals surface area contributed by atoms with Crippen LogP contribution in [-0.2, 0) is 0 Å². The van der Waals surface area contributed by atoms with Crippen LogP contribution in [0.25, 0.3) is 0 Å². The summed E-state index contributed by atoms with van der Waals surface area (Å²) < 4.78 is 6.90. The Bertz CT molecular complexity index is 317. The Morgan fingerprint density at radius 1 is 1.29 bits per heavy atom. The molecular weight excluding hydrogens is 278 g/mol. The second kappa shape index (κ2) is 8.54. The Balaban J connectivity index is 2.21. The van der Waals surface area contributed by atoms with Crippen LogP contribution in [-0.4, -0.2) is 19.2 Å². The molecule has 0 saturated heterocycles. The van der Waals surface area contributed by atoms with Gasteiger partial charge in [-0.1, -0.05) is 19.1 Å². The fourth-order valence-electron chi connectivity index (χ4n) is 1.63. The van der Waals surface area contributed by atoms with Gasteiger partial charge in [-0.15, -0.1) is 0 Å². The Kier molecular flexibility index (Phi) is 7.29. The van der Waals surface area contributed by atoms with Gasteiger partial charge in [0.05, 0.1) is 10.6 Å². The molecule has 96 valence electrons. The van der Waals surface area contributed by atoms with Gasteiger partial charge in [0, 0.05) is 0 Å². The van der Waals surface area contributed by atoms with Crippen molar-refractivity contribution in [1.82, 2.24) is 5.32 Å². The summed E-state index contributed by atoms with van der Waals surface area (Å²) in [5.74, 6) is 0.932. The van der Waals surface area contributed by atoms with E-state index < -0.39 is 0 Å². The summed E-state index contributed by atoms with van der Waals surface area (Å²) in [4.78, 5) is 0. The van der Waals surface area contributed by atoms with Crippen molar-refractivity contribution in [2.75, 3.05) is 13.1 Å². The summed E-state index contributed by atoms with van der Waals surface area (Å²) in [7, 11) is 0. The predicted molar refractivity (Wildman–Crippen MR) is 76.6 cm³/mol. The maximum atomic E-state index is 5.88. The fourth-order valence-corrected chi connectivity index (χ4v) is 2.01. The van der Waals surface area contributed by atoms with Crippen LogP contribution in [0.4, 0.5) is 0 Å². The smallest absolute Gasteiger partial charge is 0.133 e. The van der Waals surface area contributed by atoms with Crippen LogP contribution in [0.15, 0.2) is 28.7 Å². The van der Waals surface area contributed by atoms with Gasteiger partial charge in [0.1, 0.15) is 5.75 Å². The summed E-state index contributed by atoms with van der Waals surface area (Å²) in [6.45, 7) is 6.50. The zero-order valence-corrected chi connectivity index (χ0v) is 12.3. The van der Waals surface area contributed by atoms with Crippen LogP contribution in [0.2, 0.25) is 0 Å². The van der Waals surface area contributed by atoms with E-state index in [4.69, 9.17) is 4.74 Å². The molecule has 0 radical (unpaired) electrons. The van der Waals surface area contributed by atoms with Crippen molar-refractivity contribution < 1.29 is 4.74 Å². The Morgan fingerprint density at radius 3 is 2.76 bits per heavy atom. The minimum atomic E-state index is 0.261. The molecular formula is C14H22BrNO. The van der Waals surface area contributed by atoms with E-state index in [1.54, 1.807) is 0 Å². The number of halogens is 1. The monoisotopic (exact) mass is 299 g/mol. The van der Waals surface area contributed by atoms with E-state index in [1.165, 1.54) is 6.42 Å². The molecule has 0 aromatic heterocycles. The van der Waals surface area contributed by atoms with Gasteiger partial charge in [0.25, 0.3) is 0 Å². The van der Waals surface area contributed by atoms with Crippen molar-refractivity contribution in [3.8, 4) is 5.75 Å². The molecule has 1 atom stereocenters. The van der Waals surface area contributed by atoms with Crippen molar-refractivity contribution >= 4 is 15.9 Å². The second-order valence-corrected chi connectivity index (χ2v) is 5.11. The van der Waals surface area contributed by atoms with Gasteiger partial charge < -0.3 is 10.1 Å². The first kappa shape index (κ1) is 14.5. The molecule has 0 fully saturated rings. The van der Waals surface area contributed by atoms with Gasteiger partial charge in [-0.2, -0.15) is 0 Å². The van der Waals surface area contributed by atoms with E-state index in [9.17, 15) is 0 Å². The molecule has 1 rings (SSSR count). The summed E-state index contributed by atoms with van der Waals surface area (Å²) in [5.41, 5.74) is 0. The van der Waals surface area contributed by atoms with Crippen LogP contribution in [0, 0.1) is 0 Å². The topological polar surface area (TPSA) is 21.3 Å². The third-order valence-electron chi connectivity index (χ3n) is 2.56. The summed E-state index contributed by atoms with van der Waals surface area (Å²) in [5, 5.41) is 3.40. The predicted octanol–water partition coefficient (Wildman–Crippen LogP) is 4.00. The summed E-state index contributed by atoms with van der Waals surface area (Å²) in [6.07, 6.45) is 3.70. The van der Waals surface area contributed by atoms with E-state index in [0.29, 0.717) is 0 Å². The van der Waals surface area contributed by atoms with E-state index in [0.717, 1.165) is 36.2 Å². The standard InChI is InChI=1S/C14H22BrNO/c1-3-10-16-11-6-7-12(2)17-14-9-5-4-8-13(14)15/h4-5,8-9,12,16H,3,6-7,10-11H2,1-2H3. The highest BCUT2D eigenvalue weighted by atomic mass is 79.9. The van der Waals surface area contributed by atoms with Gasteiger partial charge in [-0.3, -0.25) is 0 Å². The first-order valence-electron chi connectivity index (χ1n) is 6.36. The molecule has 2 nitrogen and oxygen atoms in total. The molecule has 0 aliphatic carbocycles. The number of benzene rings is 1. The molecule has 0 bridgehead atoms. The SMILES string of the molecule is CCCNCCCC(C)Oc1ccccc1Br. The molecule has 1 N–H and O–H groups in total. The maximum Gasteiger partial charge on any atom is 0.133 e. The van der Waals surface area contributed by atoms with Gasteiger partial charge in [0.15, 0.2) is 0 Å². The van der Waals surface area contributed by atoms with Gasteiger partial charge >= 0.3 is 0 Å². The van der Waals surface area contributed by atoms with E-state index in [-0.39, 0.29) is 6.10 Å². The van der Waals surface area contributed by atoms with Crippen molar-refractivity contribution in [1.29, 1.82) is 0 Å². The number of rotatable bonds is 8. The first-order valence-corrected chi connectivity index (χ1v) is 7.15. The van der Waals surface area contributed by atoms with Gasteiger partial charge in [0.2, 0.25) is 0 Å². The highest BCUT2D eigenvalue weighted by Gasteiger charge is 2.05. The van der Waals surface area contributed by atoms with Crippen LogP contribution >= 0.6 is 15.9 Å². The van der Waals surface area contributed by atoms with Gasteiger partial charge in [-0.25, -0.2) is 0 Å².